The van der Waals surface area contributed by atoms with E-state index in [1.807, 2.05) is 24.3 Å². The molecule has 0 unspecified atom stereocenters. The number of nitrogens with one attached hydrogen (secondary N) is 2. The molecular weight excluding hydrogens is 354 g/mol. The van der Waals surface area contributed by atoms with E-state index >= 15 is 0 Å². The second kappa shape index (κ2) is 8.37. The number of hydrogen-bond acceptors (Lipinski definition) is 4. The molecule has 2 N–H and O–H groups in total. The fraction of sp³-hybridized carbons (Fsp3) is 0.429. The quantitative estimate of drug-likeness (QED) is 0.507. The number of amides is 1. The molecule has 0 radical (unpaired) electrons. The smallest absolute Gasteiger partial charge is 0.267 e. The number of carbonyl (C=O) groups is 1. The molecule has 2 aromatic heterocycles. The van der Waals surface area contributed by atoms with Crippen LogP contribution in [0, 0.1) is 0 Å². The SMILES string of the molecule is O=C(Cn1nc2c(cc1=O)CCCCC2)NCCCc1nc2ccccc2[nH]1. The minimum absolute atomic E-state index is 0.0310. The lowest BCUT2D eigenvalue weighted by Gasteiger charge is -2.10. The molecule has 0 spiro atoms. The van der Waals surface area contributed by atoms with Gasteiger partial charge in [0.25, 0.3) is 5.56 Å². The highest BCUT2D eigenvalue weighted by Crippen LogP contribution is 2.16. The molecule has 1 amide bonds. The van der Waals surface area contributed by atoms with E-state index in [1.165, 1.54) is 4.68 Å². The van der Waals surface area contributed by atoms with Crippen molar-refractivity contribution < 1.29 is 4.79 Å². The summed E-state index contributed by atoms with van der Waals surface area (Å²) >= 11 is 0. The van der Waals surface area contributed by atoms with Crippen LogP contribution in [0.1, 0.15) is 42.8 Å². The molecule has 3 aromatic rings. The highest BCUT2D eigenvalue weighted by atomic mass is 16.2. The van der Waals surface area contributed by atoms with Gasteiger partial charge in [0.15, 0.2) is 0 Å². The number of H-pyrrole nitrogens is 1. The standard InChI is InChI=1S/C21H25N5O2/c27-20(14-26-21(28)13-15-7-2-1-3-8-16(15)25-26)22-12-6-11-19-23-17-9-4-5-10-18(17)24-19/h4-5,9-10,13H,1-3,6-8,11-12,14H2,(H,22,27)(H,23,24). The minimum Gasteiger partial charge on any atom is -0.354 e. The van der Waals surface area contributed by atoms with Crippen LogP contribution in [0.25, 0.3) is 11.0 Å². The molecule has 7 heteroatoms. The molecule has 1 aromatic carbocycles. The van der Waals surface area contributed by atoms with Crippen molar-refractivity contribution in [2.24, 2.45) is 0 Å². The Labute approximate surface area is 163 Å². The number of hydrogen-bond donors (Lipinski definition) is 2. The Morgan fingerprint density at radius 2 is 2.04 bits per heavy atom. The Morgan fingerprint density at radius 3 is 2.93 bits per heavy atom. The Hall–Kier alpha value is -2.96. The highest BCUT2D eigenvalue weighted by molar-refractivity contribution is 5.75. The molecule has 2 heterocycles. The van der Waals surface area contributed by atoms with Crippen molar-refractivity contribution in [3.63, 3.8) is 0 Å². The topological polar surface area (TPSA) is 92.7 Å². The lowest BCUT2D eigenvalue weighted by molar-refractivity contribution is -0.121. The summed E-state index contributed by atoms with van der Waals surface area (Å²) in [5.41, 5.74) is 3.79. The van der Waals surface area contributed by atoms with Gasteiger partial charge < -0.3 is 10.3 Å². The van der Waals surface area contributed by atoms with E-state index in [0.29, 0.717) is 6.54 Å². The third kappa shape index (κ3) is 4.30. The van der Waals surface area contributed by atoms with Crippen LogP contribution in [-0.4, -0.2) is 32.2 Å². The summed E-state index contributed by atoms with van der Waals surface area (Å²) in [5, 5.41) is 7.32. The van der Waals surface area contributed by atoms with Crippen LogP contribution in [0.2, 0.25) is 0 Å². The second-order valence-electron chi connectivity index (χ2n) is 7.33. The van der Waals surface area contributed by atoms with E-state index in [1.54, 1.807) is 6.07 Å². The molecule has 0 saturated carbocycles. The van der Waals surface area contributed by atoms with Crippen LogP contribution < -0.4 is 10.9 Å². The predicted octanol–water partition coefficient (Wildman–Crippen LogP) is 2.14. The van der Waals surface area contributed by atoms with E-state index < -0.39 is 0 Å². The molecule has 0 bridgehead atoms. The first kappa shape index (κ1) is 18.4. The first-order valence-corrected chi connectivity index (χ1v) is 9.99. The van der Waals surface area contributed by atoms with Crippen molar-refractivity contribution in [1.29, 1.82) is 0 Å². The largest absolute Gasteiger partial charge is 0.354 e. The van der Waals surface area contributed by atoms with Crippen molar-refractivity contribution in [3.05, 3.63) is 57.8 Å². The number of aromatic nitrogens is 4. The number of benzene rings is 1. The monoisotopic (exact) mass is 379 g/mol. The van der Waals surface area contributed by atoms with Gasteiger partial charge in [0, 0.05) is 19.0 Å². The number of carbonyl (C=O) groups excluding carboxylic acids is 1. The molecule has 0 atom stereocenters. The predicted molar refractivity (Wildman–Crippen MR) is 107 cm³/mol. The fourth-order valence-corrected chi connectivity index (χ4v) is 3.69. The van der Waals surface area contributed by atoms with Gasteiger partial charge in [-0.1, -0.05) is 18.6 Å². The zero-order chi connectivity index (χ0) is 19.3. The summed E-state index contributed by atoms with van der Waals surface area (Å²) in [5.74, 6) is 0.729. The Kier molecular flexibility index (Phi) is 5.50. The van der Waals surface area contributed by atoms with Crippen LogP contribution in [0.4, 0.5) is 0 Å². The zero-order valence-corrected chi connectivity index (χ0v) is 15.9. The van der Waals surface area contributed by atoms with Crippen molar-refractivity contribution in [1.82, 2.24) is 25.1 Å². The first-order chi connectivity index (χ1) is 13.7. The maximum atomic E-state index is 12.2. The van der Waals surface area contributed by atoms with Gasteiger partial charge in [-0.25, -0.2) is 9.67 Å². The zero-order valence-electron chi connectivity index (χ0n) is 15.9. The average molecular weight is 379 g/mol. The van der Waals surface area contributed by atoms with E-state index in [4.69, 9.17) is 0 Å². The van der Waals surface area contributed by atoms with E-state index in [9.17, 15) is 9.59 Å². The number of aromatic amines is 1. The van der Waals surface area contributed by atoms with Gasteiger partial charge in [-0.05, 0) is 49.8 Å². The number of nitrogens with zero attached hydrogens (tertiary/aromatic N) is 3. The molecular formula is C21H25N5O2. The number of aryl methyl sites for hydroxylation is 3. The summed E-state index contributed by atoms with van der Waals surface area (Å²) in [6.07, 6.45) is 6.68. The highest BCUT2D eigenvalue weighted by Gasteiger charge is 2.13. The number of imidazole rings is 1. The van der Waals surface area contributed by atoms with E-state index in [0.717, 1.165) is 73.1 Å². The molecule has 1 aliphatic rings. The van der Waals surface area contributed by atoms with Crippen molar-refractivity contribution in [2.45, 2.75) is 51.5 Å². The Balaban J connectivity index is 1.28. The normalized spacial score (nSPS) is 13.9. The molecule has 7 nitrogen and oxygen atoms in total. The van der Waals surface area contributed by atoms with Crippen LogP contribution in [-0.2, 0) is 30.6 Å². The molecule has 0 fully saturated rings. The molecule has 4 rings (SSSR count). The van der Waals surface area contributed by atoms with Gasteiger partial charge in [-0.2, -0.15) is 5.10 Å². The third-order valence-electron chi connectivity index (χ3n) is 5.17. The number of fused-ring (bicyclic) bond motifs is 2. The van der Waals surface area contributed by atoms with Crippen molar-refractivity contribution >= 4 is 16.9 Å². The summed E-state index contributed by atoms with van der Waals surface area (Å²) < 4.78 is 1.29. The van der Waals surface area contributed by atoms with Crippen molar-refractivity contribution in [2.75, 3.05) is 6.54 Å². The van der Waals surface area contributed by atoms with Gasteiger partial charge in [-0.15, -0.1) is 0 Å². The van der Waals surface area contributed by atoms with Gasteiger partial charge in [-0.3, -0.25) is 9.59 Å². The summed E-state index contributed by atoms with van der Waals surface area (Å²) in [6.45, 7) is 0.506. The van der Waals surface area contributed by atoms with E-state index in [2.05, 4.69) is 20.4 Å². The lowest BCUT2D eigenvalue weighted by atomic mass is 10.1. The summed E-state index contributed by atoms with van der Waals surface area (Å²) in [4.78, 5) is 32.3. The fourth-order valence-electron chi connectivity index (χ4n) is 3.69. The molecule has 1 aliphatic carbocycles. The van der Waals surface area contributed by atoms with Gasteiger partial charge >= 0.3 is 0 Å². The molecule has 0 saturated heterocycles. The van der Waals surface area contributed by atoms with Crippen molar-refractivity contribution in [3.8, 4) is 0 Å². The van der Waals surface area contributed by atoms with Gasteiger partial charge in [0.05, 0.1) is 16.7 Å². The lowest BCUT2D eigenvalue weighted by Crippen LogP contribution is -2.34. The first-order valence-electron chi connectivity index (χ1n) is 9.99. The second-order valence-corrected chi connectivity index (χ2v) is 7.33. The van der Waals surface area contributed by atoms with Crippen LogP contribution in [0.3, 0.4) is 0 Å². The van der Waals surface area contributed by atoms with Crippen LogP contribution in [0.15, 0.2) is 35.1 Å². The Bertz CT molecular complexity index is 1000. The average Bonchev–Trinajstić information content (AvgIpc) is 2.97. The Morgan fingerprint density at radius 1 is 1.18 bits per heavy atom. The van der Waals surface area contributed by atoms with Gasteiger partial charge in [0.2, 0.25) is 5.91 Å². The summed E-state index contributed by atoms with van der Waals surface area (Å²) in [6, 6.07) is 9.57. The number of rotatable bonds is 6. The maximum absolute atomic E-state index is 12.2. The maximum Gasteiger partial charge on any atom is 0.267 e. The number of para-hydroxylation sites is 2. The molecule has 28 heavy (non-hydrogen) atoms. The minimum atomic E-state index is -0.196. The van der Waals surface area contributed by atoms with Gasteiger partial charge in [0.1, 0.15) is 12.4 Å². The van der Waals surface area contributed by atoms with E-state index in [-0.39, 0.29) is 18.0 Å². The van der Waals surface area contributed by atoms with Crippen LogP contribution >= 0.6 is 0 Å². The third-order valence-corrected chi connectivity index (χ3v) is 5.17. The molecule has 146 valence electrons. The van der Waals surface area contributed by atoms with Crippen LogP contribution in [0.5, 0.6) is 0 Å². The summed E-state index contributed by atoms with van der Waals surface area (Å²) in [7, 11) is 0. The molecule has 0 aliphatic heterocycles.